The number of ether oxygens (including phenoxy) is 1. The summed E-state index contributed by atoms with van der Waals surface area (Å²) in [6, 6.07) is 0.134. The molecule has 9 unspecified atom stereocenters. The number of aliphatic carboxylic acids is 1. The smallest absolute Gasteiger partial charge is 0.308 e. The van der Waals surface area contributed by atoms with Gasteiger partial charge in [-0.1, -0.05) is 0 Å². The summed E-state index contributed by atoms with van der Waals surface area (Å²) < 4.78 is 37.7. The van der Waals surface area contributed by atoms with Crippen molar-refractivity contribution in [3.05, 3.63) is 27.4 Å². The molecule has 8 nitrogen and oxygen atoms in total. The second-order valence-corrected chi connectivity index (χ2v) is 16.4. The Morgan fingerprint density at radius 3 is 2.73 bits per heavy atom. The molecule has 3 aliphatic carbocycles. The number of hydrogen-bond acceptors (Lipinski definition) is 7. The highest BCUT2D eigenvalue weighted by Crippen LogP contribution is 2.61. The lowest BCUT2D eigenvalue weighted by molar-refractivity contribution is -0.142. The Bertz CT molecular complexity index is 1340. The fourth-order valence-electron chi connectivity index (χ4n) is 9.21. The maximum atomic E-state index is 14.7. The fourth-order valence-corrected chi connectivity index (χ4v) is 11.4. The van der Waals surface area contributed by atoms with E-state index in [0.29, 0.717) is 68.4 Å². The number of carboxylic acid groups (broad SMARTS) is 1. The van der Waals surface area contributed by atoms with Crippen molar-refractivity contribution in [2.75, 3.05) is 25.4 Å². The van der Waals surface area contributed by atoms with Crippen LogP contribution in [-0.4, -0.2) is 91.8 Å². The third kappa shape index (κ3) is 5.54. The van der Waals surface area contributed by atoms with Gasteiger partial charge in [-0.15, -0.1) is 11.6 Å². The van der Waals surface area contributed by atoms with Gasteiger partial charge in [-0.2, -0.15) is 11.8 Å². The number of hydrogen-bond donors (Lipinski definition) is 2. The lowest BCUT2D eigenvalue weighted by atomic mass is 9.70. The maximum Gasteiger partial charge on any atom is 0.308 e. The van der Waals surface area contributed by atoms with E-state index in [4.69, 9.17) is 21.3 Å². The molecule has 7 rings (SSSR count). The predicted octanol–water partition coefficient (Wildman–Crippen LogP) is 4.12. The molecule has 4 heterocycles. The normalized spacial score (nSPS) is 39.2. The molecule has 6 aliphatic rings. The number of aryl methyl sites for hydroxylation is 2. The van der Waals surface area contributed by atoms with Gasteiger partial charge in [0.15, 0.2) is 0 Å². The molecule has 2 N–H and O–H groups in total. The van der Waals surface area contributed by atoms with E-state index in [1.807, 2.05) is 11.8 Å². The molecule has 1 aromatic rings. The largest absolute Gasteiger partial charge is 0.481 e. The predicted molar refractivity (Wildman–Crippen MR) is 166 cm³/mol. The van der Waals surface area contributed by atoms with Crippen LogP contribution in [0.15, 0.2) is 4.79 Å². The van der Waals surface area contributed by atoms with Crippen LogP contribution in [0.2, 0.25) is 0 Å². The zero-order valence-corrected chi connectivity index (χ0v) is 27.2. The molecule has 0 amide bonds. The van der Waals surface area contributed by atoms with E-state index in [9.17, 15) is 23.5 Å². The van der Waals surface area contributed by atoms with E-state index in [0.717, 1.165) is 37.8 Å². The first-order chi connectivity index (χ1) is 21.0. The summed E-state index contributed by atoms with van der Waals surface area (Å²) in [5.74, 6) is -1.91. The van der Waals surface area contributed by atoms with Crippen molar-refractivity contribution in [3.63, 3.8) is 0 Å². The lowest BCUT2D eigenvalue weighted by Crippen LogP contribution is -2.57. The molecule has 9 atom stereocenters. The van der Waals surface area contributed by atoms with Gasteiger partial charge in [-0.05, 0) is 83.5 Å². The average Bonchev–Trinajstić information content (AvgIpc) is 3.56. The van der Waals surface area contributed by atoms with Crippen LogP contribution in [0.3, 0.4) is 0 Å². The zero-order valence-electron chi connectivity index (χ0n) is 25.7. The first kappa shape index (κ1) is 31.3. The number of fused-ring (bicyclic) bond motifs is 2. The summed E-state index contributed by atoms with van der Waals surface area (Å²) in [4.78, 5) is 32.5. The first-order valence-corrected chi connectivity index (χ1v) is 18.0. The number of thioether (sulfide) groups is 1. The number of alkyl halides is 3. The topological polar surface area (TPSA) is 96.7 Å². The highest BCUT2D eigenvalue weighted by Gasteiger charge is 2.67. The summed E-state index contributed by atoms with van der Waals surface area (Å²) in [7, 11) is 0. The van der Waals surface area contributed by atoms with Crippen molar-refractivity contribution in [1.29, 1.82) is 0 Å². The third-order valence-corrected chi connectivity index (χ3v) is 13.8. The van der Waals surface area contributed by atoms with E-state index < -0.39 is 17.3 Å². The minimum Gasteiger partial charge on any atom is -0.481 e. The molecule has 244 valence electrons. The van der Waals surface area contributed by atoms with Crippen molar-refractivity contribution in [2.45, 2.75) is 119 Å². The van der Waals surface area contributed by atoms with Gasteiger partial charge >= 0.3 is 5.97 Å². The number of nitrogens with zero attached hydrogens (tertiary/aromatic N) is 3. The second kappa shape index (κ2) is 11.8. The van der Waals surface area contributed by atoms with Crippen LogP contribution in [0, 0.1) is 30.1 Å². The Labute approximate surface area is 267 Å². The van der Waals surface area contributed by atoms with Gasteiger partial charge in [0.25, 0.3) is 11.5 Å². The minimum atomic E-state index is -2.64. The molecule has 2 saturated carbocycles. The number of aromatic nitrogens is 2. The molecule has 3 saturated heterocycles. The minimum absolute atomic E-state index is 0.00276. The molecule has 0 bridgehead atoms. The fraction of sp³-hybridized carbons (Fsp3) is 0.844. The van der Waals surface area contributed by atoms with Gasteiger partial charge in [0.2, 0.25) is 0 Å². The molecule has 44 heavy (non-hydrogen) atoms. The van der Waals surface area contributed by atoms with Crippen molar-refractivity contribution >= 4 is 29.3 Å². The van der Waals surface area contributed by atoms with Crippen molar-refractivity contribution in [1.82, 2.24) is 19.8 Å². The van der Waals surface area contributed by atoms with Crippen LogP contribution < -0.4 is 10.9 Å². The Hall–Kier alpha value is -1.27. The Morgan fingerprint density at radius 1 is 1.20 bits per heavy atom. The number of carbonyl (C=O) groups is 1. The summed E-state index contributed by atoms with van der Waals surface area (Å²) in [5.41, 5.74) is 0.592. The quantitative estimate of drug-likeness (QED) is 0.424. The van der Waals surface area contributed by atoms with Gasteiger partial charge in [0.1, 0.15) is 5.82 Å². The van der Waals surface area contributed by atoms with Crippen molar-refractivity contribution in [3.8, 4) is 0 Å². The molecule has 0 aromatic carbocycles. The molecular formula is C32H45ClF2N4O4S. The van der Waals surface area contributed by atoms with Gasteiger partial charge in [0, 0.05) is 52.0 Å². The molecule has 3 aliphatic heterocycles. The van der Waals surface area contributed by atoms with Gasteiger partial charge in [0.05, 0.1) is 37.4 Å². The second-order valence-electron chi connectivity index (χ2n) is 14.5. The van der Waals surface area contributed by atoms with Crippen LogP contribution in [0.1, 0.15) is 69.0 Å². The summed E-state index contributed by atoms with van der Waals surface area (Å²) in [6.45, 7) is 4.99. The summed E-state index contributed by atoms with van der Waals surface area (Å²) in [6.07, 6.45) is 6.61. The number of piperidine rings is 1. The van der Waals surface area contributed by atoms with E-state index in [2.05, 4.69) is 12.2 Å². The molecule has 1 aromatic heterocycles. The Kier molecular flexibility index (Phi) is 8.37. The monoisotopic (exact) mass is 654 g/mol. The molecule has 12 heteroatoms. The van der Waals surface area contributed by atoms with E-state index >= 15 is 0 Å². The number of rotatable bonds is 7. The third-order valence-electron chi connectivity index (χ3n) is 11.8. The molecule has 1 spiro atoms. The van der Waals surface area contributed by atoms with Crippen LogP contribution in [0.4, 0.5) is 8.78 Å². The number of likely N-dealkylation sites (tertiary alicyclic amines) is 1. The van der Waals surface area contributed by atoms with Gasteiger partial charge < -0.3 is 15.2 Å². The van der Waals surface area contributed by atoms with E-state index in [1.54, 1.807) is 16.3 Å². The first-order valence-electron chi connectivity index (χ1n) is 16.5. The van der Waals surface area contributed by atoms with Crippen LogP contribution >= 0.6 is 23.4 Å². The highest BCUT2D eigenvalue weighted by atomic mass is 35.5. The average molecular weight is 655 g/mol. The SMILES string of the molecule is Cc1nc2c(c(=O)n1CCOC1CCC(Cl)CC1C1CC(C)NC3C(C(=O)O)CSC13)CC(N1CC(F)(F)C3(CC3)C1)CC2. The molecular weight excluding hydrogens is 610 g/mol. The lowest BCUT2D eigenvalue weighted by Gasteiger charge is -2.47. The standard InChI is InChI=1S/C32H45ClF2N4O4S/c1-17-11-22(28-27(36-17)24(14-44-28)30(41)42)21-12-19(33)3-6-26(21)43-10-9-39-18(2)37-25-5-4-20(13-23(25)29(39)40)38-15-31(7-8-31)32(34,35)16-38/h17,19-22,24,26-28,36H,3-16H2,1-2H3,(H,41,42). The molecule has 0 radical (unpaired) electrons. The van der Waals surface area contributed by atoms with E-state index in [-0.39, 0.29) is 58.8 Å². The van der Waals surface area contributed by atoms with Crippen LogP contribution in [0.5, 0.6) is 0 Å². The maximum absolute atomic E-state index is 14.7. The summed E-state index contributed by atoms with van der Waals surface area (Å²) >= 11 is 8.49. The van der Waals surface area contributed by atoms with Gasteiger partial charge in [-0.3, -0.25) is 19.1 Å². The van der Waals surface area contributed by atoms with E-state index in [1.165, 1.54) is 0 Å². The molecule has 5 fully saturated rings. The van der Waals surface area contributed by atoms with Crippen molar-refractivity contribution in [2.24, 2.45) is 23.2 Å². The number of nitrogens with one attached hydrogen (secondary N) is 1. The summed E-state index contributed by atoms with van der Waals surface area (Å²) in [5, 5.41) is 13.7. The Morgan fingerprint density at radius 2 is 2.00 bits per heavy atom. The van der Waals surface area contributed by atoms with Crippen molar-refractivity contribution < 1.29 is 23.4 Å². The van der Waals surface area contributed by atoms with Crippen LogP contribution in [-0.2, 0) is 28.9 Å². The Balaban J connectivity index is 1.03. The zero-order chi connectivity index (χ0) is 31.0. The number of halogens is 3. The van der Waals surface area contributed by atoms with Gasteiger partial charge in [-0.25, -0.2) is 13.8 Å². The van der Waals surface area contributed by atoms with Crippen LogP contribution in [0.25, 0.3) is 0 Å². The highest BCUT2D eigenvalue weighted by molar-refractivity contribution is 8.00. The number of carboxylic acids is 1.